The van der Waals surface area contributed by atoms with Crippen LogP contribution in [0.2, 0.25) is 0 Å². The van der Waals surface area contributed by atoms with Gasteiger partial charge in [0, 0.05) is 24.8 Å². The van der Waals surface area contributed by atoms with E-state index in [4.69, 9.17) is 4.74 Å². The summed E-state index contributed by atoms with van der Waals surface area (Å²) in [4.78, 5) is 32.0. The molecule has 0 unspecified atom stereocenters. The zero-order valence-corrected chi connectivity index (χ0v) is 16.8. The fourth-order valence-corrected chi connectivity index (χ4v) is 4.08. The topological polar surface area (TPSA) is 74.8 Å². The Morgan fingerprint density at radius 3 is 2.80 bits per heavy atom. The summed E-state index contributed by atoms with van der Waals surface area (Å²) < 4.78 is 32.9. The number of rotatable bonds is 6. The van der Waals surface area contributed by atoms with E-state index < -0.39 is 17.7 Å². The summed E-state index contributed by atoms with van der Waals surface area (Å²) in [5.41, 5.74) is 0.985. The van der Waals surface area contributed by atoms with E-state index in [2.05, 4.69) is 10.3 Å². The predicted molar refractivity (Wildman–Crippen MR) is 110 cm³/mol. The average Bonchev–Trinajstić information content (AvgIpc) is 3.27. The van der Waals surface area contributed by atoms with Crippen LogP contribution in [0.4, 0.5) is 24.4 Å². The lowest BCUT2D eigenvalue weighted by molar-refractivity contribution is -0.116. The normalized spacial score (nSPS) is 13.9. The number of halogens is 2. The van der Waals surface area contributed by atoms with Gasteiger partial charge in [-0.1, -0.05) is 11.3 Å². The number of hydrogen-bond acceptors (Lipinski definition) is 5. The number of fused-ring (bicyclic) bond motifs is 1. The smallest absolute Gasteiger partial charge is 0.325 e. The number of hydrogen-bond donors (Lipinski definition) is 1. The molecule has 3 aromatic rings. The molecule has 0 aliphatic carbocycles. The molecule has 1 fully saturated rings. The number of aromatic nitrogens is 1. The second-order valence-electron chi connectivity index (χ2n) is 6.58. The first-order valence-electron chi connectivity index (χ1n) is 9.29. The molecule has 4 rings (SSSR count). The molecule has 1 saturated heterocycles. The highest BCUT2D eigenvalue weighted by molar-refractivity contribution is 7.22. The molecule has 7 nitrogen and oxygen atoms in total. The molecule has 2 heterocycles. The molecule has 0 atom stereocenters. The van der Waals surface area contributed by atoms with Gasteiger partial charge in [0.05, 0.1) is 16.8 Å². The van der Waals surface area contributed by atoms with E-state index in [0.29, 0.717) is 18.3 Å². The maximum atomic E-state index is 13.5. The van der Waals surface area contributed by atoms with Gasteiger partial charge in [-0.3, -0.25) is 9.69 Å². The average molecular weight is 432 g/mol. The van der Waals surface area contributed by atoms with Crippen molar-refractivity contribution in [1.29, 1.82) is 0 Å². The van der Waals surface area contributed by atoms with Gasteiger partial charge in [0.25, 0.3) is 0 Å². The van der Waals surface area contributed by atoms with Crippen LogP contribution in [0.1, 0.15) is 6.92 Å². The van der Waals surface area contributed by atoms with Crippen molar-refractivity contribution in [2.75, 3.05) is 36.5 Å². The standard InChI is InChI=1S/C20H18F2N4O3S/c1-2-29-13-4-6-16-17(10-13)30-19(23-16)24-18(27)11-25-7-8-26(20(25)28)12-3-5-14(21)15(22)9-12/h3-6,9-10H,2,7-8,11H2,1H3,(H,23,24,27). The predicted octanol–water partition coefficient (Wildman–Crippen LogP) is 3.85. The number of benzene rings is 2. The van der Waals surface area contributed by atoms with Crippen molar-refractivity contribution >= 4 is 44.3 Å². The Bertz CT molecular complexity index is 1120. The van der Waals surface area contributed by atoms with Gasteiger partial charge in [-0.25, -0.2) is 18.6 Å². The van der Waals surface area contributed by atoms with Crippen LogP contribution in [-0.2, 0) is 4.79 Å². The first-order valence-corrected chi connectivity index (χ1v) is 10.1. The molecule has 156 valence electrons. The Kier molecular flexibility index (Phi) is 5.49. The summed E-state index contributed by atoms with van der Waals surface area (Å²) in [5, 5.41) is 3.13. The molecule has 1 aromatic heterocycles. The highest BCUT2D eigenvalue weighted by Gasteiger charge is 2.31. The number of amides is 3. The first-order chi connectivity index (χ1) is 14.4. The highest BCUT2D eigenvalue weighted by atomic mass is 32.1. The fourth-order valence-electron chi connectivity index (χ4n) is 3.17. The SMILES string of the molecule is CCOc1ccc2nc(NC(=O)CN3CCN(c4ccc(F)c(F)c4)C3=O)sc2c1. The van der Waals surface area contributed by atoms with Crippen LogP contribution in [0.3, 0.4) is 0 Å². The van der Waals surface area contributed by atoms with Gasteiger partial charge in [-0.2, -0.15) is 0 Å². The van der Waals surface area contributed by atoms with Crippen molar-refractivity contribution in [3.8, 4) is 5.75 Å². The number of nitrogens with zero attached hydrogens (tertiary/aromatic N) is 3. The molecular formula is C20H18F2N4O3S. The van der Waals surface area contributed by atoms with Gasteiger partial charge in [-0.05, 0) is 37.3 Å². The van der Waals surface area contributed by atoms with E-state index in [1.54, 1.807) is 0 Å². The monoisotopic (exact) mass is 432 g/mol. The van der Waals surface area contributed by atoms with Crippen LogP contribution in [0.15, 0.2) is 36.4 Å². The maximum absolute atomic E-state index is 13.5. The fraction of sp³-hybridized carbons (Fsp3) is 0.250. The summed E-state index contributed by atoms with van der Waals surface area (Å²) in [5.74, 6) is -1.67. The van der Waals surface area contributed by atoms with Crippen LogP contribution in [0.25, 0.3) is 10.2 Å². The quantitative estimate of drug-likeness (QED) is 0.642. The van der Waals surface area contributed by atoms with Gasteiger partial charge in [-0.15, -0.1) is 0 Å². The summed E-state index contributed by atoms with van der Waals surface area (Å²) in [7, 11) is 0. The van der Waals surface area contributed by atoms with E-state index in [9.17, 15) is 18.4 Å². The van der Waals surface area contributed by atoms with Crippen molar-refractivity contribution in [3.63, 3.8) is 0 Å². The van der Waals surface area contributed by atoms with Gasteiger partial charge in [0.2, 0.25) is 5.91 Å². The molecule has 3 amide bonds. The van der Waals surface area contributed by atoms with Crippen LogP contribution in [0.5, 0.6) is 5.75 Å². The minimum atomic E-state index is -1.03. The number of carbonyl (C=O) groups is 2. The molecule has 1 aliphatic heterocycles. The molecule has 1 aliphatic rings. The zero-order chi connectivity index (χ0) is 21.3. The lowest BCUT2D eigenvalue weighted by atomic mass is 10.3. The summed E-state index contributed by atoms with van der Waals surface area (Å²) in [6, 6.07) is 8.31. The van der Waals surface area contributed by atoms with E-state index >= 15 is 0 Å². The lowest BCUT2D eigenvalue weighted by Gasteiger charge is -2.18. The molecule has 0 radical (unpaired) electrons. The molecule has 10 heteroatoms. The van der Waals surface area contributed by atoms with Gasteiger partial charge >= 0.3 is 6.03 Å². The zero-order valence-electron chi connectivity index (χ0n) is 16.0. The Labute approximate surface area is 174 Å². The number of anilines is 2. The van der Waals surface area contributed by atoms with Gasteiger partial charge in [0.15, 0.2) is 16.8 Å². The summed E-state index contributed by atoms with van der Waals surface area (Å²) in [6.45, 7) is 2.86. The third-order valence-corrected chi connectivity index (χ3v) is 5.50. The van der Waals surface area contributed by atoms with Crippen molar-refractivity contribution in [2.24, 2.45) is 0 Å². The Morgan fingerprint density at radius 1 is 1.20 bits per heavy atom. The van der Waals surface area contributed by atoms with E-state index in [1.165, 1.54) is 27.2 Å². The minimum Gasteiger partial charge on any atom is -0.494 e. The third-order valence-electron chi connectivity index (χ3n) is 4.56. The Balaban J connectivity index is 1.40. The minimum absolute atomic E-state index is 0.168. The van der Waals surface area contributed by atoms with E-state index in [0.717, 1.165) is 28.1 Å². The second kappa shape index (κ2) is 8.23. The number of ether oxygens (including phenoxy) is 1. The summed E-state index contributed by atoms with van der Waals surface area (Å²) >= 11 is 1.31. The van der Waals surface area contributed by atoms with E-state index in [1.807, 2.05) is 25.1 Å². The van der Waals surface area contributed by atoms with Crippen molar-refractivity contribution < 1.29 is 23.1 Å². The van der Waals surface area contributed by atoms with Crippen LogP contribution < -0.4 is 15.0 Å². The maximum Gasteiger partial charge on any atom is 0.325 e. The van der Waals surface area contributed by atoms with Gasteiger partial charge in [0.1, 0.15) is 12.3 Å². The molecule has 1 N–H and O–H groups in total. The number of carbonyl (C=O) groups excluding carboxylic acids is 2. The Morgan fingerprint density at radius 2 is 2.03 bits per heavy atom. The Hall–Kier alpha value is -3.27. The van der Waals surface area contributed by atoms with Gasteiger partial charge < -0.3 is 15.0 Å². The van der Waals surface area contributed by atoms with E-state index in [-0.39, 0.29) is 24.7 Å². The number of urea groups is 1. The molecule has 0 spiro atoms. The van der Waals surface area contributed by atoms with Crippen molar-refractivity contribution in [1.82, 2.24) is 9.88 Å². The number of nitrogens with one attached hydrogen (secondary N) is 1. The molecule has 0 saturated carbocycles. The van der Waals surface area contributed by atoms with Crippen LogP contribution in [-0.4, -0.2) is 48.1 Å². The number of thiazole rings is 1. The van der Waals surface area contributed by atoms with Crippen LogP contribution >= 0.6 is 11.3 Å². The molecular weight excluding hydrogens is 414 g/mol. The second-order valence-corrected chi connectivity index (χ2v) is 7.61. The molecule has 0 bridgehead atoms. The molecule has 2 aromatic carbocycles. The highest BCUT2D eigenvalue weighted by Crippen LogP contribution is 2.29. The third kappa shape index (κ3) is 4.04. The van der Waals surface area contributed by atoms with Crippen molar-refractivity contribution in [3.05, 3.63) is 48.0 Å². The molecule has 30 heavy (non-hydrogen) atoms. The lowest BCUT2D eigenvalue weighted by Crippen LogP contribution is -2.37. The first kappa shape index (κ1) is 20.0. The van der Waals surface area contributed by atoms with Crippen LogP contribution in [0, 0.1) is 11.6 Å². The largest absolute Gasteiger partial charge is 0.494 e. The van der Waals surface area contributed by atoms with Crippen molar-refractivity contribution in [2.45, 2.75) is 6.92 Å². The summed E-state index contributed by atoms with van der Waals surface area (Å²) in [6.07, 6.45) is 0.